The number of carbonyl (C=O) groups excluding carboxylic acids is 4. The van der Waals surface area contributed by atoms with Crippen LogP contribution in [0.3, 0.4) is 0 Å². The van der Waals surface area contributed by atoms with Gasteiger partial charge >= 0.3 is 6.03 Å². The van der Waals surface area contributed by atoms with Crippen molar-refractivity contribution in [3.8, 4) is 5.75 Å². The maximum absolute atomic E-state index is 14.2. The van der Waals surface area contributed by atoms with E-state index in [0.29, 0.717) is 55.2 Å². The minimum atomic E-state index is -1.01. The van der Waals surface area contributed by atoms with E-state index in [1.54, 1.807) is 35.5 Å². The summed E-state index contributed by atoms with van der Waals surface area (Å²) < 4.78 is 5.98. The maximum Gasteiger partial charge on any atom is 0.318 e. The molecule has 0 bridgehead atoms. The molecule has 0 saturated carbocycles. The highest BCUT2D eigenvalue weighted by Gasteiger charge is 2.31. The van der Waals surface area contributed by atoms with E-state index in [4.69, 9.17) is 16.3 Å². The molecule has 1 aliphatic rings. The predicted molar refractivity (Wildman–Crippen MR) is 210 cm³/mol. The number of halogens is 1. The van der Waals surface area contributed by atoms with Gasteiger partial charge in [-0.3, -0.25) is 19.4 Å². The second kappa shape index (κ2) is 19.1. The molecule has 5 amide bonds. The predicted octanol–water partition coefficient (Wildman–Crippen LogP) is 6.32. The average Bonchev–Trinajstić information content (AvgIpc) is 3.16. The number of likely N-dealkylation sites (tertiary alicyclic amines) is 1. The van der Waals surface area contributed by atoms with Gasteiger partial charge in [-0.2, -0.15) is 0 Å². The fourth-order valence-electron chi connectivity index (χ4n) is 6.20. The first-order valence-corrected chi connectivity index (χ1v) is 18.7. The zero-order valence-electron chi connectivity index (χ0n) is 31.0. The molecule has 54 heavy (non-hydrogen) atoms. The third-order valence-corrected chi connectivity index (χ3v) is 9.46. The lowest BCUT2D eigenvalue weighted by Crippen LogP contribution is -2.57. The van der Waals surface area contributed by atoms with Crippen LogP contribution < -0.4 is 26.0 Å². The van der Waals surface area contributed by atoms with Crippen LogP contribution in [0.5, 0.6) is 5.75 Å². The molecule has 12 heteroatoms. The van der Waals surface area contributed by atoms with E-state index in [0.717, 1.165) is 16.7 Å². The van der Waals surface area contributed by atoms with E-state index in [-0.39, 0.29) is 36.3 Å². The van der Waals surface area contributed by atoms with Crippen LogP contribution in [-0.4, -0.2) is 64.4 Å². The van der Waals surface area contributed by atoms with Crippen LogP contribution in [0.4, 0.5) is 10.5 Å². The quantitative estimate of drug-likeness (QED) is 0.119. The molecule has 2 atom stereocenters. The van der Waals surface area contributed by atoms with Crippen molar-refractivity contribution in [1.29, 1.82) is 0 Å². The molecule has 0 radical (unpaired) electrons. The molecule has 1 fully saturated rings. The first kappa shape index (κ1) is 39.8. The smallest absolute Gasteiger partial charge is 0.318 e. The van der Waals surface area contributed by atoms with Crippen LogP contribution >= 0.6 is 11.6 Å². The van der Waals surface area contributed by atoms with Gasteiger partial charge in [0, 0.05) is 43.2 Å². The Hall–Kier alpha value is -5.42. The Labute approximate surface area is 322 Å². The van der Waals surface area contributed by atoms with E-state index in [1.165, 1.54) is 0 Å². The molecule has 4 N–H and O–H groups in total. The highest BCUT2D eigenvalue weighted by atomic mass is 35.5. The lowest BCUT2D eigenvalue weighted by Gasteiger charge is -2.33. The number of piperidine rings is 1. The van der Waals surface area contributed by atoms with Gasteiger partial charge in [-0.1, -0.05) is 72.3 Å². The minimum Gasteiger partial charge on any atom is -0.488 e. The number of aryl methyl sites for hydroxylation is 1. The SMILES string of the molecule is CC(C)(C)Oc1ccc(C[C@H](NC(=O)N2CCC(C(=O)Nc3cccnc3)CC2)C(=O)N[C@@H](CCc2ccccc2)C(=O)NCc2ccccc2Cl)cc1. The molecule has 0 aliphatic carbocycles. The first-order chi connectivity index (χ1) is 25.9. The zero-order valence-corrected chi connectivity index (χ0v) is 31.8. The summed E-state index contributed by atoms with van der Waals surface area (Å²) in [5.74, 6) is -0.553. The number of amides is 5. The molecule has 1 aliphatic heterocycles. The monoisotopic (exact) mass is 752 g/mol. The average molecular weight is 753 g/mol. The molecular formula is C42H49ClN6O5. The van der Waals surface area contributed by atoms with Crippen LogP contribution in [-0.2, 0) is 33.8 Å². The number of aromatic nitrogens is 1. The van der Waals surface area contributed by atoms with Crippen molar-refractivity contribution in [3.05, 3.63) is 125 Å². The third kappa shape index (κ3) is 12.3. The normalized spacial score (nSPS) is 14.3. The van der Waals surface area contributed by atoms with Crippen molar-refractivity contribution >= 4 is 41.0 Å². The minimum absolute atomic E-state index is 0.117. The molecule has 1 saturated heterocycles. The number of carbonyl (C=O) groups is 4. The maximum atomic E-state index is 14.2. The van der Waals surface area contributed by atoms with Gasteiger partial charge in [0.2, 0.25) is 17.7 Å². The zero-order chi connectivity index (χ0) is 38.5. The van der Waals surface area contributed by atoms with E-state index in [9.17, 15) is 19.2 Å². The number of hydrogen-bond donors (Lipinski definition) is 4. The van der Waals surface area contributed by atoms with Crippen molar-refractivity contribution in [2.45, 2.75) is 77.1 Å². The van der Waals surface area contributed by atoms with Crippen LogP contribution in [0.15, 0.2) is 103 Å². The second-order valence-electron chi connectivity index (χ2n) is 14.5. The van der Waals surface area contributed by atoms with Crippen LogP contribution in [0.2, 0.25) is 5.02 Å². The highest BCUT2D eigenvalue weighted by Crippen LogP contribution is 2.22. The summed E-state index contributed by atoms with van der Waals surface area (Å²) in [7, 11) is 0. The lowest BCUT2D eigenvalue weighted by atomic mass is 9.96. The summed E-state index contributed by atoms with van der Waals surface area (Å²) in [4.78, 5) is 60.1. The number of hydrogen-bond acceptors (Lipinski definition) is 6. The van der Waals surface area contributed by atoms with Gasteiger partial charge in [0.05, 0.1) is 11.9 Å². The van der Waals surface area contributed by atoms with Crippen molar-refractivity contribution < 1.29 is 23.9 Å². The second-order valence-corrected chi connectivity index (χ2v) is 14.9. The van der Waals surface area contributed by atoms with Gasteiger partial charge in [-0.25, -0.2) is 4.79 Å². The highest BCUT2D eigenvalue weighted by molar-refractivity contribution is 6.31. The molecule has 0 unspecified atom stereocenters. The van der Waals surface area contributed by atoms with Gasteiger partial charge in [0.1, 0.15) is 23.4 Å². The number of ether oxygens (including phenoxy) is 1. The summed E-state index contributed by atoms with van der Waals surface area (Å²) in [6.45, 7) is 6.76. The fraction of sp³-hybridized carbons (Fsp3) is 0.357. The standard InChI is InChI=1S/C42H49ClN6O5/c1-42(2,3)54-34-18-15-30(16-19-34)26-37(48-41(53)49-24-21-31(22-25-49)38(50)46-33-13-9-23-44-28-33)40(52)47-36(20-17-29-10-5-4-6-11-29)39(51)45-27-32-12-7-8-14-35(32)43/h4-16,18-19,23,28,31,36-37H,17,20-22,24-27H2,1-3H3,(H,45,51)(H,46,50)(H,47,52)(H,48,53)/t36-,37-/m0/s1. The Balaban J connectivity index is 1.29. The van der Waals surface area contributed by atoms with Gasteiger partial charge in [-0.15, -0.1) is 0 Å². The van der Waals surface area contributed by atoms with Gasteiger partial charge in [0.15, 0.2) is 0 Å². The molecule has 0 spiro atoms. The van der Waals surface area contributed by atoms with E-state index >= 15 is 0 Å². The summed E-state index contributed by atoms with van der Waals surface area (Å²) in [6, 6.07) is 25.6. The number of anilines is 1. The summed E-state index contributed by atoms with van der Waals surface area (Å²) >= 11 is 6.35. The molecular weight excluding hydrogens is 704 g/mol. The van der Waals surface area contributed by atoms with Crippen molar-refractivity contribution in [2.24, 2.45) is 5.92 Å². The van der Waals surface area contributed by atoms with Crippen LogP contribution in [0.1, 0.15) is 56.7 Å². The molecule has 11 nitrogen and oxygen atoms in total. The number of nitrogens with zero attached hydrogens (tertiary/aromatic N) is 2. The van der Waals surface area contributed by atoms with Crippen LogP contribution in [0.25, 0.3) is 0 Å². The molecule has 2 heterocycles. The third-order valence-electron chi connectivity index (χ3n) is 9.09. The Morgan fingerprint density at radius 1 is 0.833 bits per heavy atom. The van der Waals surface area contributed by atoms with E-state index in [2.05, 4.69) is 26.3 Å². The molecule has 4 aromatic rings. The number of benzene rings is 3. The first-order valence-electron chi connectivity index (χ1n) is 18.3. The number of urea groups is 1. The number of pyridine rings is 1. The number of nitrogens with one attached hydrogen (secondary N) is 4. The summed E-state index contributed by atoms with van der Waals surface area (Å²) in [6.07, 6.45) is 5.21. The Kier molecular flexibility index (Phi) is 14.0. The van der Waals surface area contributed by atoms with Gasteiger partial charge < -0.3 is 30.9 Å². The molecule has 284 valence electrons. The van der Waals surface area contributed by atoms with E-state index in [1.807, 2.05) is 93.6 Å². The number of rotatable bonds is 14. The van der Waals surface area contributed by atoms with Crippen molar-refractivity contribution in [3.63, 3.8) is 0 Å². The van der Waals surface area contributed by atoms with Crippen molar-refractivity contribution in [2.75, 3.05) is 18.4 Å². The summed E-state index contributed by atoms with van der Waals surface area (Å²) in [5, 5.41) is 12.3. The Morgan fingerprint density at radius 3 is 2.20 bits per heavy atom. The molecule has 5 rings (SSSR count). The fourth-order valence-corrected chi connectivity index (χ4v) is 6.40. The Morgan fingerprint density at radius 2 is 1.54 bits per heavy atom. The van der Waals surface area contributed by atoms with Gasteiger partial charge in [0.25, 0.3) is 0 Å². The largest absolute Gasteiger partial charge is 0.488 e. The van der Waals surface area contributed by atoms with E-state index < -0.39 is 24.0 Å². The molecule has 3 aromatic carbocycles. The van der Waals surface area contributed by atoms with Crippen molar-refractivity contribution in [1.82, 2.24) is 25.8 Å². The van der Waals surface area contributed by atoms with Gasteiger partial charge in [-0.05, 0) is 93.5 Å². The topological polar surface area (TPSA) is 142 Å². The Bertz CT molecular complexity index is 1840. The summed E-state index contributed by atoms with van der Waals surface area (Å²) in [5.41, 5.74) is 2.81. The lowest BCUT2D eigenvalue weighted by molar-refractivity contribution is -0.130. The molecule has 1 aromatic heterocycles. The van der Waals surface area contributed by atoms with Crippen LogP contribution in [0, 0.1) is 5.92 Å².